The van der Waals surface area contributed by atoms with E-state index in [1.165, 1.54) is 0 Å². The van der Waals surface area contributed by atoms with Crippen LogP contribution in [0, 0.1) is 35.5 Å². The molecule has 0 saturated heterocycles. The van der Waals surface area contributed by atoms with Gasteiger partial charge in [-0.1, -0.05) is 74.5 Å². The molecule has 202 valence electrons. The highest BCUT2D eigenvalue weighted by Crippen LogP contribution is 2.27. The Bertz CT molecular complexity index is 595. The molecule has 0 aromatic rings. The lowest BCUT2D eigenvalue weighted by molar-refractivity contribution is 0.0358. The molecule has 4 N–H and O–H groups in total. The van der Waals surface area contributed by atoms with E-state index in [2.05, 4.69) is 67.5 Å². The Balaban J connectivity index is 4.81. The first kappa shape index (κ1) is 33.3. The summed E-state index contributed by atoms with van der Waals surface area (Å²) in [6, 6.07) is 0. The van der Waals surface area contributed by atoms with Gasteiger partial charge in [-0.3, -0.25) is 0 Å². The van der Waals surface area contributed by atoms with Gasteiger partial charge in [0.2, 0.25) is 0 Å². The van der Waals surface area contributed by atoms with Crippen LogP contribution in [-0.4, -0.2) is 44.8 Å². The van der Waals surface area contributed by atoms with E-state index in [9.17, 15) is 20.4 Å². The van der Waals surface area contributed by atoms with Crippen molar-refractivity contribution < 1.29 is 20.4 Å². The average molecular weight is 483 g/mol. The first-order valence-corrected chi connectivity index (χ1v) is 13.8. The van der Waals surface area contributed by atoms with Crippen molar-refractivity contribution in [2.75, 3.05) is 0 Å². The van der Waals surface area contributed by atoms with E-state index in [0.29, 0.717) is 24.7 Å². The molecule has 0 heterocycles. The van der Waals surface area contributed by atoms with Gasteiger partial charge < -0.3 is 20.4 Å². The van der Waals surface area contributed by atoms with Crippen molar-refractivity contribution in [3.63, 3.8) is 0 Å². The molecule has 0 rings (SSSR count). The zero-order valence-corrected chi connectivity index (χ0v) is 24.0. The molecule has 4 nitrogen and oxygen atoms in total. The maximum Gasteiger partial charge on any atom is 0.0775 e. The van der Waals surface area contributed by atoms with Crippen LogP contribution >= 0.6 is 0 Å². The normalized spacial score (nSPS) is 20.7. The second kappa shape index (κ2) is 16.9. The molecule has 0 aromatic carbocycles. The van der Waals surface area contributed by atoms with E-state index in [-0.39, 0.29) is 29.8 Å². The minimum Gasteiger partial charge on any atom is -0.393 e. The molecular weight excluding hydrogens is 424 g/mol. The minimum absolute atomic E-state index is 0.112. The molecule has 0 aliphatic heterocycles. The van der Waals surface area contributed by atoms with E-state index in [0.717, 1.165) is 36.8 Å². The molecule has 0 radical (unpaired) electrons. The number of allylic oxidation sites excluding steroid dienone is 2. The third-order valence-corrected chi connectivity index (χ3v) is 7.35. The highest BCUT2D eigenvalue weighted by Gasteiger charge is 2.25. The third-order valence-electron chi connectivity index (χ3n) is 7.35. The van der Waals surface area contributed by atoms with Crippen molar-refractivity contribution >= 4 is 0 Å². The minimum atomic E-state index is -0.682. The van der Waals surface area contributed by atoms with Gasteiger partial charge in [0.25, 0.3) is 0 Å². The topological polar surface area (TPSA) is 80.9 Å². The fraction of sp³-hybridized carbons (Fsp3) is 0.867. The van der Waals surface area contributed by atoms with Crippen LogP contribution in [0.4, 0.5) is 0 Å². The zero-order chi connectivity index (χ0) is 26.6. The standard InChI is InChI=1S/C30H58O4/c1-11-26(13-12-19(2)3)30(34)24(9)16-21(6)15-23(8)28(32)18-27(31)17-22(7)25(10)29(33)14-20(4)5/h13,15,19-22,24-25,27-34H,11-12,14,16-18H2,1-10H3/b23-15+,26-13+/t21-,22+,24?,25-,27-,28+,29+,30+/m1/s1. The molecular formula is C30H58O4. The van der Waals surface area contributed by atoms with Gasteiger partial charge in [0.15, 0.2) is 0 Å². The van der Waals surface area contributed by atoms with Crippen molar-refractivity contribution in [3.8, 4) is 0 Å². The number of aliphatic hydroxyl groups is 4. The summed E-state index contributed by atoms with van der Waals surface area (Å²) in [5.74, 6) is 1.69. The lowest BCUT2D eigenvalue weighted by Gasteiger charge is -2.28. The summed E-state index contributed by atoms with van der Waals surface area (Å²) < 4.78 is 0. The van der Waals surface area contributed by atoms with Crippen LogP contribution in [0.25, 0.3) is 0 Å². The molecule has 0 aliphatic rings. The van der Waals surface area contributed by atoms with Crippen LogP contribution in [0.15, 0.2) is 23.3 Å². The third kappa shape index (κ3) is 13.4. The summed E-state index contributed by atoms with van der Waals surface area (Å²) in [4.78, 5) is 0. The fourth-order valence-corrected chi connectivity index (χ4v) is 4.83. The van der Waals surface area contributed by atoms with Gasteiger partial charge in [-0.2, -0.15) is 0 Å². The van der Waals surface area contributed by atoms with Crippen LogP contribution in [0.1, 0.15) is 108 Å². The Hall–Kier alpha value is -0.680. The summed E-state index contributed by atoms with van der Waals surface area (Å²) in [6.07, 6.45) is 6.56. The van der Waals surface area contributed by atoms with Crippen molar-refractivity contribution in [1.82, 2.24) is 0 Å². The van der Waals surface area contributed by atoms with Crippen LogP contribution < -0.4 is 0 Å². The van der Waals surface area contributed by atoms with E-state index >= 15 is 0 Å². The largest absolute Gasteiger partial charge is 0.393 e. The number of aliphatic hydroxyl groups excluding tert-OH is 4. The Morgan fingerprint density at radius 1 is 0.735 bits per heavy atom. The van der Waals surface area contributed by atoms with Crippen LogP contribution in [0.3, 0.4) is 0 Å². The lowest BCUT2D eigenvalue weighted by atomic mass is 9.82. The fourth-order valence-electron chi connectivity index (χ4n) is 4.83. The van der Waals surface area contributed by atoms with Crippen molar-refractivity contribution in [2.45, 2.75) is 132 Å². The van der Waals surface area contributed by atoms with E-state index < -0.39 is 18.3 Å². The summed E-state index contributed by atoms with van der Waals surface area (Å²) in [7, 11) is 0. The molecule has 0 saturated carbocycles. The van der Waals surface area contributed by atoms with E-state index in [1.54, 1.807) is 0 Å². The highest BCUT2D eigenvalue weighted by molar-refractivity contribution is 5.11. The quantitative estimate of drug-likeness (QED) is 0.178. The van der Waals surface area contributed by atoms with Gasteiger partial charge in [-0.05, 0) is 85.7 Å². The van der Waals surface area contributed by atoms with Crippen molar-refractivity contribution in [1.29, 1.82) is 0 Å². The van der Waals surface area contributed by atoms with Crippen LogP contribution in [0.5, 0.6) is 0 Å². The van der Waals surface area contributed by atoms with Gasteiger partial charge in [-0.25, -0.2) is 0 Å². The number of rotatable bonds is 17. The molecule has 0 amide bonds. The second-order valence-corrected chi connectivity index (χ2v) is 12.0. The highest BCUT2D eigenvalue weighted by atomic mass is 16.3. The molecule has 34 heavy (non-hydrogen) atoms. The van der Waals surface area contributed by atoms with E-state index in [4.69, 9.17) is 0 Å². The maximum atomic E-state index is 10.8. The van der Waals surface area contributed by atoms with Crippen molar-refractivity contribution in [3.05, 3.63) is 23.3 Å². The van der Waals surface area contributed by atoms with Gasteiger partial charge in [0.05, 0.1) is 24.4 Å². The number of hydrogen-bond acceptors (Lipinski definition) is 4. The van der Waals surface area contributed by atoms with Gasteiger partial charge in [0.1, 0.15) is 0 Å². The monoisotopic (exact) mass is 482 g/mol. The van der Waals surface area contributed by atoms with Gasteiger partial charge in [0, 0.05) is 6.42 Å². The molecule has 0 spiro atoms. The molecule has 0 fully saturated rings. The average Bonchev–Trinajstić information content (AvgIpc) is 2.72. The Morgan fingerprint density at radius 3 is 1.82 bits per heavy atom. The van der Waals surface area contributed by atoms with Crippen LogP contribution in [0.2, 0.25) is 0 Å². The molecule has 0 aromatic heterocycles. The van der Waals surface area contributed by atoms with Gasteiger partial charge in [-0.15, -0.1) is 0 Å². The predicted octanol–water partition coefficient (Wildman–Crippen LogP) is 6.52. The SMILES string of the molecule is CC/C(=C\CC(C)C)[C@@H](O)C(C)C[C@H](C)/C=C(\C)[C@@H](O)C[C@H](O)C[C@H](C)[C@@H](C)[C@@H](O)CC(C)C. The van der Waals surface area contributed by atoms with Gasteiger partial charge >= 0.3 is 0 Å². The molecule has 4 heteroatoms. The molecule has 0 aliphatic carbocycles. The Morgan fingerprint density at radius 2 is 1.32 bits per heavy atom. The maximum absolute atomic E-state index is 10.8. The number of hydrogen-bond donors (Lipinski definition) is 4. The summed E-state index contributed by atoms with van der Waals surface area (Å²) in [5, 5.41) is 42.5. The Labute approximate surface area is 211 Å². The summed E-state index contributed by atoms with van der Waals surface area (Å²) in [6.45, 7) is 21.0. The lowest BCUT2D eigenvalue weighted by Crippen LogP contribution is -2.29. The molecule has 0 bridgehead atoms. The zero-order valence-electron chi connectivity index (χ0n) is 24.0. The summed E-state index contributed by atoms with van der Waals surface area (Å²) in [5.41, 5.74) is 2.00. The van der Waals surface area contributed by atoms with Crippen molar-refractivity contribution in [2.24, 2.45) is 35.5 Å². The molecule has 8 atom stereocenters. The first-order valence-electron chi connectivity index (χ1n) is 13.8. The molecule has 1 unspecified atom stereocenters. The van der Waals surface area contributed by atoms with E-state index in [1.807, 2.05) is 13.8 Å². The predicted molar refractivity (Wildman–Crippen MR) is 146 cm³/mol. The Kier molecular flexibility index (Phi) is 16.6. The first-order chi connectivity index (χ1) is 15.7. The summed E-state index contributed by atoms with van der Waals surface area (Å²) >= 11 is 0. The second-order valence-electron chi connectivity index (χ2n) is 12.0. The smallest absolute Gasteiger partial charge is 0.0775 e. The van der Waals surface area contributed by atoms with Crippen LogP contribution in [-0.2, 0) is 0 Å².